The smallest absolute Gasteiger partial charge is 0.155 e. The van der Waals surface area contributed by atoms with Crippen molar-refractivity contribution in [2.45, 2.75) is 58.7 Å². The van der Waals surface area contributed by atoms with E-state index in [1.54, 1.807) is 6.92 Å². The molecule has 4 aliphatic carbocycles. The van der Waals surface area contributed by atoms with Gasteiger partial charge in [-0.1, -0.05) is 31.5 Å². The molecule has 0 saturated heterocycles. The van der Waals surface area contributed by atoms with Gasteiger partial charge >= 0.3 is 0 Å². The summed E-state index contributed by atoms with van der Waals surface area (Å²) in [6, 6.07) is -1.40. The van der Waals surface area contributed by atoms with E-state index in [2.05, 4.69) is 4.98 Å². The number of allylic oxidation sites excluding steroid dienone is 4. The van der Waals surface area contributed by atoms with E-state index in [1.165, 1.54) is 6.08 Å². The lowest BCUT2D eigenvalue weighted by Crippen LogP contribution is -2.49. The van der Waals surface area contributed by atoms with Crippen molar-refractivity contribution < 1.29 is 18.5 Å². The molecule has 0 aromatic carbocycles. The molecular formula is C24H29NO. The van der Waals surface area contributed by atoms with Gasteiger partial charge in [0.05, 0.1) is 6.85 Å². The minimum Gasteiger partial charge on any atom is -0.295 e. The average Bonchev–Trinajstić information content (AvgIpc) is 2.94. The van der Waals surface area contributed by atoms with Gasteiger partial charge in [-0.3, -0.25) is 9.78 Å². The number of nitrogens with zero attached hydrogens (tertiary/aromatic N) is 1. The third kappa shape index (κ3) is 2.17. The zero-order valence-electron chi connectivity index (χ0n) is 25.1. The van der Waals surface area contributed by atoms with Crippen molar-refractivity contribution in [2.75, 3.05) is 0 Å². The van der Waals surface area contributed by atoms with Gasteiger partial charge in [0.15, 0.2) is 5.78 Å². The summed E-state index contributed by atoms with van der Waals surface area (Å²) in [7, 11) is 0. The van der Waals surface area contributed by atoms with Crippen molar-refractivity contribution >= 4 is 11.4 Å². The van der Waals surface area contributed by atoms with E-state index < -0.39 is 72.3 Å². The van der Waals surface area contributed by atoms with E-state index in [0.717, 1.165) is 0 Å². The predicted octanol–water partition coefficient (Wildman–Crippen LogP) is 5.61. The maximum Gasteiger partial charge on any atom is 0.155 e. The van der Waals surface area contributed by atoms with Crippen LogP contribution in [0.4, 0.5) is 0 Å². The summed E-state index contributed by atoms with van der Waals surface area (Å²) in [6.07, 6.45) is -3.83. The molecule has 2 saturated carbocycles. The fourth-order valence-electron chi connectivity index (χ4n) is 5.59. The number of aromatic nitrogens is 1. The molecule has 1 heterocycles. The van der Waals surface area contributed by atoms with Crippen LogP contribution in [0.2, 0.25) is 0 Å². The monoisotopic (exact) mass is 357 g/mol. The van der Waals surface area contributed by atoms with Crippen LogP contribution < -0.4 is 0 Å². The molecule has 0 aliphatic heterocycles. The number of carbonyl (C=O) groups is 1. The molecule has 6 atom stereocenters. The van der Waals surface area contributed by atoms with Gasteiger partial charge in [-0.25, -0.2) is 0 Å². The topological polar surface area (TPSA) is 30.0 Å². The molecule has 5 rings (SSSR count). The van der Waals surface area contributed by atoms with Gasteiger partial charge in [-0.05, 0) is 90.2 Å². The van der Waals surface area contributed by atoms with Crippen molar-refractivity contribution in [3.8, 4) is 0 Å². The molecule has 0 bridgehead atoms. The van der Waals surface area contributed by atoms with Crippen molar-refractivity contribution in [1.82, 2.24) is 4.98 Å². The van der Waals surface area contributed by atoms with Gasteiger partial charge in [0.25, 0.3) is 0 Å². The molecule has 1 aromatic heterocycles. The molecule has 2 nitrogen and oxygen atoms in total. The molecule has 0 amide bonds. The number of pyridine rings is 1. The minimum absolute atomic E-state index is 0.0922. The second-order valence-electron chi connectivity index (χ2n) is 8.47. The summed E-state index contributed by atoms with van der Waals surface area (Å²) in [5.74, 6) is -2.45. The average molecular weight is 358 g/mol. The van der Waals surface area contributed by atoms with Crippen LogP contribution in [-0.2, 0) is 4.79 Å². The molecule has 4 unspecified atom stereocenters. The summed E-state index contributed by atoms with van der Waals surface area (Å²) in [5.41, 5.74) is -1.34. The van der Waals surface area contributed by atoms with E-state index in [1.807, 2.05) is 6.92 Å². The Hall–Kier alpha value is -1.70. The lowest BCUT2D eigenvalue weighted by atomic mass is 9.46. The Morgan fingerprint density at radius 3 is 3.04 bits per heavy atom. The molecule has 0 radical (unpaired) electrons. The van der Waals surface area contributed by atoms with Crippen molar-refractivity contribution in [2.24, 2.45) is 28.6 Å². The van der Waals surface area contributed by atoms with E-state index in [4.69, 9.17) is 13.7 Å². The number of hydrogen-bond donors (Lipinski definition) is 0. The minimum atomic E-state index is -2.32. The second-order valence-corrected chi connectivity index (χ2v) is 8.47. The highest BCUT2D eigenvalue weighted by Gasteiger charge is 2.57. The first-order valence-corrected chi connectivity index (χ1v) is 9.35. The van der Waals surface area contributed by atoms with E-state index in [-0.39, 0.29) is 22.8 Å². The van der Waals surface area contributed by atoms with Crippen LogP contribution in [0.5, 0.6) is 0 Å². The van der Waals surface area contributed by atoms with Crippen LogP contribution in [0.15, 0.2) is 42.1 Å². The summed E-state index contributed by atoms with van der Waals surface area (Å²) in [6.45, 7) is 3.70. The zero-order chi connectivity index (χ0) is 26.7. The Labute approximate surface area is 170 Å². The summed E-state index contributed by atoms with van der Waals surface area (Å²) in [5, 5.41) is 0. The van der Waals surface area contributed by atoms with Crippen molar-refractivity contribution in [3.63, 3.8) is 0 Å². The summed E-state index contributed by atoms with van der Waals surface area (Å²) < 4.78 is 86.7. The highest BCUT2D eigenvalue weighted by Crippen LogP contribution is 2.66. The van der Waals surface area contributed by atoms with Gasteiger partial charge in [0, 0.05) is 25.6 Å². The molecule has 0 spiro atoms. The first-order chi connectivity index (χ1) is 16.5. The number of hydrogen-bond acceptors (Lipinski definition) is 2. The third-order valence-corrected chi connectivity index (χ3v) is 7.21. The lowest BCUT2D eigenvalue weighted by molar-refractivity contribution is -0.117. The normalized spacial score (nSPS) is 54.2. The molecular weight excluding hydrogens is 318 g/mol. The van der Waals surface area contributed by atoms with Crippen LogP contribution in [0, 0.1) is 28.6 Å². The first kappa shape index (κ1) is 8.99. The van der Waals surface area contributed by atoms with E-state index in [0.29, 0.717) is 31.3 Å². The lowest BCUT2D eigenvalue weighted by Gasteiger charge is -2.57. The number of rotatable bonds is 1. The number of ketones is 1. The van der Waals surface area contributed by atoms with Gasteiger partial charge < -0.3 is 0 Å². The molecule has 4 aliphatic rings. The van der Waals surface area contributed by atoms with Crippen LogP contribution in [0.3, 0.4) is 0 Å². The van der Waals surface area contributed by atoms with Crippen LogP contribution >= 0.6 is 0 Å². The number of carbonyl (C=O) groups excluding carboxylic acids is 1. The first-order valence-electron chi connectivity index (χ1n) is 14.4. The molecule has 2 fully saturated rings. The Kier molecular flexibility index (Phi) is 1.95. The molecule has 26 heavy (non-hydrogen) atoms. The maximum absolute atomic E-state index is 12.2. The highest BCUT2D eigenvalue weighted by molar-refractivity contribution is 5.91. The van der Waals surface area contributed by atoms with Crippen molar-refractivity contribution in [3.05, 3.63) is 47.7 Å². The van der Waals surface area contributed by atoms with Crippen LogP contribution in [0.1, 0.15) is 77.9 Å². The molecule has 2 heteroatoms. The summed E-state index contributed by atoms with van der Waals surface area (Å²) >= 11 is 0. The highest BCUT2D eigenvalue weighted by atomic mass is 16.1. The Bertz CT molecular complexity index is 1260. The molecule has 1 aromatic rings. The van der Waals surface area contributed by atoms with Crippen molar-refractivity contribution in [1.29, 1.82) is 0 Å². The predicted molar refractivity (Wildman–Crippen MR) is 104 cm³/mol. The van der Waals surface area contributed by atoms with Gasteiger partial charge in [0.1, 0.15) is 0 Å². The second kappa shape index (κ2) is 5.65. The fourth-order valence-corrected chi connectivity index (χ4v) is 5.59. The zero-order valence-corrected chi connectivity index (χ0v) is 15.1. The van der Waals surface area contributed by atoms with Gasteiger partial charge in [-0.15, -0.1) is 0 Å². The molecule has 0 N–H and O–H groups in total. The van der Waals surface area contributed by atoms with Crippen LogP contribution in [0.25, 0.3) is 5.57 Å². The number of fused-ring (bicyclic) bond motifs is 5. The Balaban J connectivity index is 1.73. The molecule has 136 valence electrons. The summed E-state index contributed by atoms with van der Waals surface area (Å²) in [4.78, 5) is 16.0. The Morgan fingerprint density at radius 1 is 1.27 bits per heavy atom. The quantitative estimate of drug-likeness (QED) is 0.654. The fraction of sp³-hybridized carbons (Fsp3) is 0.583. The largest absolute Gasteiger partial charge is 0.295 e. The standard InChI is InChI=1S/C24H29NO/c1-23-11-9-18(26)14-17(23)5-6-19-21-8-7-20(16-4-3-13-25-15-16)24(21,2)12-10-22(19)23/h3-4,7,13-15,19,21-22H,5-6,8-12H2,1-2H3/t19?,21?,22?,23-,24+/m0/s1/i3D,4D,5D,6D2,7D,8D2,13D,15D/t5?,19?,21?,22?,23-,24+. The van der Waals surface area contributed by atoms with E-state index in [9.17, 15) is 4.79 Å². The van der Waals surface area contributed by atoms with Gasteiger partial charge in [-0.2, -0.15) is 0 Å². The van der Waals surface area contributed by atoms with Gasteiger partial charge in [0.2, 0.25) is 0 Å². The maximum atomic E-state index is 12.2. The SMILES string of the molecule is [2H]C1=C(c2c([2H])nc([2H])c([2H])c2[2H])[C@@]2(C)CCC3C(C2C1([2H])[2H])C([2H])([2H])C([2H])C1=CC(=O)CC[C@@]13C. The van der Waals surface area contributed by atoms with Crippen LogP contribution in [-0.4, -0.2) is 10.8 Å². The third-order valence-electron chi connectivity index (χ3n) is 7.21. The van der Waals surface area contributed by atoms with E-state index >= 15 is 0 Å². The Morgan fingerprint density at radius 2 is 2.15 bits per heavy atom.